The number of likely N-dealkylation sites (tertiary alicyclic amines) is 2. The van der Waals surface area contributed by atoms with E-state index in [1.165, 1.54) is 0 Å². The minimum atomic E-state index is -5.08. The number of carboxylic acids is 1. The number of carbonyl (C=O) groups excluding carboxylic acids is 2. The van der Waals surface area contributed by atoms with Gasteiger partial charge in [-0.15, -0.1) is 11.3 Å². The number of aryl methyl sites for hydroxylation is 1. The van der Waals surface area contributed by atoms with Gasteiger partial charge < -0.3 is 14.9 Å². The van der Waals surface area contributed by atoms with Crippen molar-refractivity contribution in [2.75, 3.05) is 27.2 Å². The number of hydrogen-bond donors (Lipinski definition) is 1. The van der Waals surface area contributed by atoms with Crippen LogP contribution in [0.1, 0.15) is 23.5 Å². The van der Waals surface area contributed by atoms with Crippen molar-refractivity contribution < 1.29 is 32.7 Å². The highest BCUT2D eigenvalue weighted by Crippen LogP contribution is 2.33. The molecule has 2 unspecified atom stereocenters. The summed E-state index contributed by atoms with van der Waals surface area (Å²) in [6.45, 7) is 3.98. The topological polar surface area (TPSA) is 94.1 Å². The molecule has 0 aromatic carbocycles. The average molecular weight is 436 g/mol. The lowest BCUT2D eigenvalue weighted by atomic mass is 10.1. The third kappa shape index (κ3) is 5.89. The lowest BCUT2D eigenvalue weighted by Crippen LogP contribution is -2.43. The smallest absolute Gasteiger partial charge is 0.475 e. The Bertz CT molecular complexity index is 768. The Morgan fingerprint density at radius 1 is 1.34 bits per heavy atom. The third-order valence-electron chi connectivity index (χ3n) is 4.81. The van der Waals surface area contributed by atoms with Crippen LogP contribution < -0.4 is 0 Å². The average Bonchev–Trinajstić information content (AvgIpc) is 3.26. The van der Waals surface area contributed by atoms with Crippen molar-refractivity contribution in [3.63, 3.8) is 0 Å². The lowest BCUT2D eigenvalue weighted by Gasteiger charge is -2.25. The first kappa shape index (κ1) is 23.1. The molecule has 2 fully saturated rings. The predicted molar refractivity (Wildman–Crippen MR) is 98.2 cm³/mol. The third-order valence-corrected chi connectivity index (χ3v) is 5.63. The number of carbonyl (C=O) groups is 3. The lowest BCUT2D eigenvalue weighted by molar-refractivity contribution is -0.192. The number of rotatable bonds is 4. The van der Waals surface area contributed by atoms with E-state index in [4.69, 9.17) is 9.90 Å². The van der Waals surface area contributed by atoms with Crippen LogP contribution in [0.2, 0.25) is 0 Å². The minimum Gasteiger partial charge on any atom is -0.475 e. The molecule has 29 heavy (non-hydrogen) atoms. The van der Waals surface area contributed by atoms with E-state index in [1.807, 2.05) is 6.92 Å². The molecule has 2 aliphatic rings. The molecule has 2 saturated heterocycles. The van der Waals surface area contributed by atoms with E-state index in [0.717, 1.165) is 30.2 Å². The monoisotopic (exact) mass is 436 g/mol. The van der Waals surface area contributed by atoms with E-state index in [9.17, 15) is 22.8 Å². The van der Waals surface area contributed by atoms with E-state index < -0.39 is 12.1 Å². The Morgan fingerprint density at radius 2 is 1.97 bits per heavy atom. The molecular weight excluding hydrogens is 413 g/mol. The highest BCUT2D eigenvalue weighted by atomic mass is 32.1. The summed E-state index contributed by atoms with van der Waals surface area (Å²) in [6.07, 6.45) is -3.62. The molecule has 0 saturated carbocycles. The summed E-state index contributed by atoms with van der Waals surface area (Å²) in [5.74, 6) is -2.67. The zero-order valence-corrected chi connectivity index (χ0v) is 17.1. The Morgan fingerprint density at radius 3 is 2.45 bits per heavy atom. The fraction of sp³-hybridized carbons (Fsp3) is 0.647. The van der Waals surface area contributed by atoms with Crippen LogP contribution in [0.4, 0.5) is 13.2 Å². The summed E-state index contributed by atoms with van der Waals surface area (Å²) in [5.41, 5.74) is 1.08. The van der Waals surface area contributed by atoms with E-state index in [0.29, 0.717) is 6.42 Å². The number of aliphatic carboxylic acids is 1. The molecule has 2 amide bonds. The number of nitrogens with zero attached hydrogens (tertiary/aromatic N) is 4. The zero-order chi connectivity index (χ0) is 21.9. The van der Waals surface area contributed by atoms with Crippen LogP contribution >= 0.6 is 11.3 Å². The summed E-state index contributed by atoms with van der Waals surface area (Å²) >= 11 is 1.66. The molecule has 2 atom stereocenters. The van der Waals surface area contributed by atoms with Crippen LogP contribution in [0.5, 0.6) is 0 Å². The molecule has 3 rings (SSSR count). The molecule has 0 bridgehead atoms. The molecule has 2 aliphatic heterocycles. The van der Waals surface area contributed by atoms with E-state index >= 15 is 0 Å². The Balaban J connectivity index is 0.000000370. The van der Waals surface area contributed by atoms with Crippen LogP contribution in [0, 0.1) is 6.92 Å². The molecule has 1 aromatic heterocycles. The van der Waals surface area contributed by atoms with Gasteiger partial charge in [-0.1, -0.05) is 0 Å². The SMILES string of the molecule is Cc1nc(CN2CCC3C2CC(=O)N3CC(=O)N(C)C)cs1.O=C(O)C(F)(F)F. The maximum atomic E-state index is 12.3. The van der Waals surface area contributed by atoms with Gasteiger partial charge in [0.25, 0.3) is 0 Å². The van der Waals surface area contributed by atoms with Crippen molar-refractivity contribution in [3.05, 3.63) is 16.1 Å². The maximum absolute atomic E-state index is 12.3. The van der Waals surface area contributed by atoms with E-state index in [2.05, 4.69) is 15.3 Å². The number of carboxylic acid groups (broad SMARTS) is 1. The summed E-state index contributed by atoms with van der Waals surface area (Å²) < 4.78 is 31.7. The van der Waals surface area contributed by atoms with Crippen molar-refractivity contribution in [3.8, 4) is 0 Å². The first-order valence-electron chi connectivity index (χ1n) is 8.85. The van der Waals surface area contributed by atoms with Gasteiger partial charge in [-0.25, -0.2) is 9.78 Å². The first-order chi connectivity index (χ1) is 13.4. The molecule has 12 heteroatoms. The zero-order valence-electron chi connectivity index (χ0n) is 16.3. The van der Waals surface area contributed by atoms with Gasteiger partial charge in [0, 0.05) is 51.1 Å². The van der Waals surface area contributed by atoms with Crippen LogP contribution in [0.15, 0.2) is 5.38 Å². The van der Waals surface area contributed by atoms with Crippen LogP contribution in [0.25, 0.3) is 0 Å². The summed E-state index contributed by atoms with van der Waals surface area (Å²) in [4.78, 5) is 43.3. The standard InChI is InChI=1S/C15H22N4O2S.C2HF3O2/c1-10-16-11(9-22-10)7-18-5-4-12-13(18)6-14(20)19(12)8-15(21)17(2)3;3-2(4,5)1(6)7/h9,12-13H,4-8H2,1-3H3;(H,6,7). The van der Waals surface area contributed by atoms with Gasteiger partial charge in [0.2, 0.25) is 11.8 Å². The second-order valence-electron chi connectivity index (χ2n) is 7.07. The molecule has 162 valence electrons. The number of alkyl halides is 3. The predicted octanol–water partition coefficient (Wildman–Crippen LogP) is 1.35. The van der Waals surface area contributed by atoms with Gasteiger partial charge in [0.05, 0.1) is 10.7 Å². The molecule has 0 radical (unpaired) electrons. The fourth-order valence-corrected chi connectivity index (χ4v) is 3.99. The highest BCUT2D eigenvalue weighted by Gasteiger charge is 2.47. The quantitative estimate of drug-likeness (QED) is 0.766. The van der Waals surface area contributed by atoms with E-state index in [-0.39, 0.29) is 30.4 Å². The number of hydrogen-bond acceptors (Lipinski definition) is 6. The molecular formula is C17H23F3N4O4S. The first-order valence-corrected chi connectivity index (χ1v) is 9.73. The minimum absolute atomic E-state index is 0.0115. The van der Waals surface area contributed by atoms with Gasteiger partial charge in [0.15, 0.2) is 0 Å². The Hall–Kier alpha value is -2.21. The number of thiazole rings is 1. The summed E-state index contributed by atoms with van der Waals surface area (Å²) in [6, 6.07) is 0.403. The molecule has 0 spiro atoms. The molecule has 1 N–H and O–H groups in total. The van der Waals surface area contributed by atoms with Gasteiger partial charge >= 0.3 is 12.1 Å². The largest absolute Gasteiger partial charge is 0.490 e. The van der Waals surface area contributed by atoms with Crippen molar-refractivity contribution >= 4 is 29.1 Å². The number of amides is 2. The normalized spacial score (nSPS) is 21.6. The van der Waals surface area contributed by atoms with Gasteiger partial charge in [-0.05, 0) is 13.3 Å². The second-order valence-corrected chi connectivity index (χ2v) is 8.13. The summed E-state index contributed by atoms with van der Waals surface area (Å²) in [5, 5.41) is 10.3. The Labute approximate surface area is 169 Å². The van der Waals surface area contributed by atoms with Crippen LogP contribution in [0.3, 0.4) is 0 Å². The van der Waals surface area contributed by atoms with E-state index in [1.54, 1.807) is 35.2 Å². The van der Waals surface area contributed by atoms with Crippen LogP contribution in [-0.2, 0) is 20.9 Å². The number of fused-ring (bicyclic) bond motifs is 1. The van der Waals surface area contributed by atoms with Gasteiger partial charge in [-0.3, -0.25) is 14.5 Å². The number of halogens is 3. The van der Waals surface area contributed by atoms with Crippen molar-refractivity contribution in [1.29, 1.82) is 0 Å². The van der Waals surface area contributed by atoms with Crippen LogP contribution in [-0.4, -0.2) is 88.0 Å². The van der Waals surface area contributed by atoms with Gasteiger partial charge in [0.1, 0.15) is 6.54 Å². The second kappa shape index (κ2) is 9.08. The van der Waals surface area contributed by atoms with Crippen molar-refractivity contribution in [2.24, 2.45) is 0 Å². The fourth-order valence-electron chi connectivity index (χ4n) is 3.39. The maximum Gasteiger partial charge on any atom is 0.490 e. The molecule has 8 nitrogen and oxygen atoms in total. The molecule has 3 heterocycles. The highest BCUT2D eigenvalue weighted by molar-refractivity contribution is 7.09. The summed E-state index contributed by atoms with van der Waals surface area (Å²) in [7, 11) is 3.46. The van der Waals surface area contributed by atoms with Crippen molar-refractivity contribution in [1.82, 2.24) is 19.7 Å². The molecule has 0 aliphatic carbocycles. The molecule has 1 aromatic rings. The Kier molecular flexibility index (Phi) is 7.22. The number of aromatic nitrogens is 1. The number of likely N-dealkylation sites (N-methyl/N-ethyl adjacent to an activating group) is 1. The van der Waals surface area contributed by atoms with Gasteiger partial charge in [-0.2, -0.15) is 13.2 Å². The van der Waals surface area contributed by atoms with Crippen molar-refractivity contribution in [2.45, 2.75) is 44.6 Å².